The van der Waals surface area contributed by atoms with Crippen LogP contribution < -0.4 is 5.73 Å². The van der Waals surface area contributed by atoms with E-state index in [2.05, 4.69) is 9.80 Å². The summed E-state index contributed by atoms with van der Waals surface area (Å²) >= 11 is 0. The SMILES string of the molecule is NC1C2CCC(C2)C1C(=O)N1CCC(CN2CCOCC2)CC1. The average molecular weight is 321 g/mol. The largest absolute Gasteiger partial charge is 0.379 e. The highest BCUT2D eigenvalue weighted by atomic mass is 16.5. The molecular weight excluding hydrogens is 290 g/mol. The van der Waals surface area contributed by atoms with Crippen molar-refractivity contribution in [3.8, 4) is 0 Å². The number of carbonyl (C=O) groups is 1. The Morgan fingerprint density at radius 2 is 1.70 bits per heavy atom. The average Bonchev–Trinajstić information content (AvgIpc) is 3.17. The Kier molecular flexibility index (Phi) is 4.61. The maximum absolute atomic E-state index is 12.9. The highest BCUT2D eigenvalue weighted by Crippen LogP contribution is 2.48. The van der Waals surface area contributed by atoms with Crippen molar-refractivity contribution in [3.63, 3.8) is 0 Å². The molecule has 2 heterocycles. The minimum absolute atomic E-state index is 0.129. The molecule has 4 aliphatic rings. The molecule has 4 atom stereocenters. The van der Waals surface area contributed by atoms with Gasteiger partial charge in [0.2, 0.25) is 5.91 Å². The van der Waals surface area contributed by atoms with Crippen LogP contribution >= 0.6 is 0 Å². The van der Waals surface area contributed by atoms with Gasteiger partial charge in [-0.2, -0.15) is 0 Å². The summed E-state index contributed by atoms with van der Waals surface area (Å²) < 4.78 is 5.42. The standard InChI is InChI=1S/C18H31N3O2/c19-17-15-2-1-14(11-15)16(17)18(22)21-5-3-13(4-6-21)12-20-7-9-23-10-8-20/h13-17H,1-12,19H2. The first-order valence-electron chi connectivity index (χ1n) is 9.57. The van der Waals surface area contributed by atoms with Crippen molar-refractivity contribution in [2.24, 2.45) is 29.4 Å². The van der Waals surface area contributed by atoms with Gasteiger partial charge in [0.1, 0.15) is 0 Å². The topological polar surface area (TPSA) is 58.8 Å². The van der Waals surface area contributed by atoms with Gasteiger partial charge in [0.15, 0.2) is 0 Å². The lowest BCUT2D eigenvalue weighted by Gasteiger charge is -2.38. The molecule has 2 bridgehead atoms. The van der Waals surface area contributed by atoms with Crippen LogP contribution in [0.2, 0.25) is 0 Å². The van der Waals surface area contributed by atoms with Crippen LogP contribution in [0.5, 0.6) is 0 Å². The molecule has 4 fully saturated rings. The summed E-state index contributed by atoms with van der Waals surface area (Å²) in [5.74, 6) is 2.44. The van der Waals surface area contributed by atoms with E-state index < -0.39 is 0 Å². The molecule has 5 nitrogen and oxygen atoms in total. The van der Waals surface area contributed by atoms with Gasteiger partial charge in [-0.15, -0.1) is 0 Å². The van der Waals surface area contributed by atoms with Crippen LogP contribution in [0.25, 0.3) is 0 Å². The summed E-state index contributed by atoms with van der Waals surface area (Å²) in [6.07, 6.45) is 5.98. The number of fused-ring (bicyclic) bond motifs is 2. The van der Waals surface area contributed by atoms with Gasteiger partial charge in [-0.05, 0) is 49.9 Å². The van der Waals surface area contributed by atoms with E-state index in [0.717, 1.165) is 58.2 Å². The number of piperidine rings is 1. The number of rotatable bonds is 3. The van der Waals surface area contributed by atoms with E-state index >= 15 is 0 Å². The lowest BCUT2D eigenvalue weighted by molar-refractivity contribution is -0.139. The van der Waals surface area contributed by atoms with Gasteiger partial charge < -0.3 is 15.4 Å². The van der Waals surface area contributed by atoms with Crippen LogP contribution in [0.1, 0.15) is 32.1 Å². The second-order valence-electron chi connectivity index (χ2n) is 8.12. The molecule has 23 heavy (non-hydrogen) atoms. The Hall–Kier alpha value is -0.650. The lowest BCUT2D eigenvalue weighted by Crippen LogP contribution is -2.50. The molecule has 2 saturated carbocycles. The van der Waals surface area contributed by atoms with E-state index in [1.807, 2.05) is 0 Å². The molecule has 130 valence electrons. The Morgan fingerprint density at radius 1 is 1.00 bits per heavy atom. The van der Waals surface area contributed by atoms with E-state index in [1.165, 1.54) is 25.8 Å². The molecule has 1 amide bonds. The van der Waals surface area contributed by atoms with Gasteiger partial charge in [0.25, 0.3) is 0 Å². The number of hydrogen-bond acceptors (Lipinski definition) is 4. The highest BCUT2D eigenvalue weighted by molar-refractivity contribution is 5.80. The van der Waals surface area contributed by atoms with E-state index in [1.54, 1.807) is 0 Å². The Labute approximate surface area is 139 Å². The number of nitrogens with two attached hydrogens (primary N) is 1. The third-order valence-electron chi connectivity index (χ3n) is 6.81. The molecule has 0 aromatic rings. The van der Waals surface area contributed by atoms with Crippen molar-refractivity contribution in [2.75, 3.05) is 45.9 Å². The van der Waals surface area contributed by atoms with E-state index in [9.17, 15) is 4.79 Å². The number of ether oxygens (including phenoxy) is 1. The number of amides is 1. The third kappa shape index (κ3) is 3.15. The second-order valence-corrected chi connectivity index (χ2v) is 8.12. The zero-order chi connectivity index (χ0) is 15.8. The molecule has 2 aliphatic heterocycles. The van der Waals surface area contributed by atoms with E-state index in [0.29, 0.717) is 17.7 Å². The molecule has 2 N–H and O–H groups in total. The first-order valence-corrected chi connectivity index (χ1v) is 9.57. The molecule has 0 radical (unpaired) electrons. The summed E-state index contributed by atoms with van der Waals surface area (Å²) in [5.41, 5.74) is 6.36. The first-order chi connectivity index (χ1) is 11.2. The van der Waals surface area contributed by atoms with Crippen molar-refractivity contribution in [1.29, 1.82) is 0 Å². The molecule has 2 aliphatic carbocycles. The number of morpholine rings is 1. The third-order valence-corrected chi connectivity index (χ3v) is 6.81. The molecule has 4 unspecified atom stereocenters. The quantitative estimate of drug-likeness (QED) is 0.840. The summed E-state index contributed by atoms with van der Waals surface area (Å²) in [6.45, 7) is 6.94. The van der Waals surface area contributed by atoms with Crippen molar-refractivity contribution in [3.05, 3.63) is 0 Å². The lowest BCUT2D eigenvalue weighted by atomic mass is 9.83. The summed E-state index contributed by atoms with van der Waals surface area (Å²) in [4.78, 5) is 17.6. The Balaban J connectivity index is 1.27. The van der Waals surface area contributed by atoms with Gasteiger partial charge in [0, 0.05) is 38.8 Å². The molecule has 0 spiro atoms. The van der Waals surface area contributed by atoms with Crippen LogP contribution in [0.3, 0.4) is 0 Å². The number of nitrogens with zero attached hydrogens (tertiary/aromatic N) is 2. The smallest absolute Gasteiger partial charge is 0.227 e. The molecule has 2 saturated heterocycles. The fourth-order valence-electron chi connectivity index (χ4n) is 5.40. The summed E-state index contributed by atoms with van der Waals surface area (Å²) in [7, 11) is 0. The molecule has 0 aromatic heterocycles. The highest BCUT2D eigenvalue weighted by Gasteiger charge is 2.50. The number of hydrogen-bond donors (Lipinski definition) is 1. The predicted octanol–water partition coefficient (Wildman–Crippen LogP) is 0.931. The van der Waals surface area contributed by atoms with Crippen molar-refractivity contribution >= 4 is 5.91 Å². The molecule has 4 rings (SSSR count). The fourth-order valence-corrected chi connectivity index (χ4v) is 5.40. The monoisotopic (exact) mass is 321 g/mol. The van der Waals surface area contributed by atoms with Crippen molar-refractivity contribution < 1.29 is 9.53 Å². The second kappa shape index (κ2) is 6.69. The van der Waals surface area contributed by atoms with Crippen LogP contribution in [-0.4, -0.2) is 67.7 Å². The maximum Gasteiger partial charge on any atom is 0.227 e. The predicted molar refractivity (Wildman–Crippen MR) is 88.9 cm³/mol. The molecular formula is C18H31N3O2. The Morgan fingerprint density at radius 3 is 2.35 bits per heavy atom. The minimum atomic E-state index is 0.129. The van der Waals surface area contributed by atoms with Crippen LogP contribution in [0.4, 0.5) is 0 Å². The van der Waals surface area contributed by atoms with Gasteiger partial charge in [-0.1, -0.05) is 0 Å². The van der Waals surface area contributed by atoms with Gasteiger partial charge in [0.05, 0.1) is 19.1 Å². The van der Waals surface area contributed by atoms with Crippen molar-refractivity contribution in [1.82, 2.24) is 9.80 Å². The van der Waals surface area contributed by atoms with Gasteiger partial charge in [-0.3, -0.25) is 9.69 Å². The number of carbonyl (C=O) groups excluding carboxylic acids is 1. The molecule has 0 aromatic carbocycles. The normalized spacial score (nSPS) is 39.1. The Bertz CT molecular complexity index is 428. The van der Waals surface area contributed by atoms with Crippen LogP contribution in [0, 0.1) is 23.7 Å². The van der Waals surface area contributed by atoms with Crippen LogP contribution in [-0.2, 0) is 9.53 Å². The van der Waals surface area contributed by atoms with E-state index in [4.69, 9.17) is 10.5 Å². The van der Waals surface area contributed by atoms with Gasteiger partial charge in [-0.25, -0.2) is 0 Å². The van der Waals surface area contributed by atoms with E-state index in [-0.39, 0.29) is 12.0 Å². The first kappa shape index (κ1) is 15.9. The summed E-state index contributed by atoms with van der Waals surface area (Å²) in [5, 5.41) is 0. The fraction of sp³-hybridized carbons (Fsp3) is 0.944. The van der Waals surface area contributed by atoms with Gasteiger partial charge >= 0.3 is 0 Å². The zero-order valence-electron chi connectivity index (χ0n) is 14.2. The minimum Gasteiger partial charge on any atom is -0.379 e. The van der Waals surface area contributed by atoms with Crippen LogP contribution in [0.15, 0.2) is 0 Å². The zero-order valence-corrected chi connectivity index (χ0v) is 14.2. The number of likely N-dealkylation sites (tertiary alicyclic amines) is 1. The summed E-state index contributed by atoms with van der Waals surface area (Å²) in [6, 6.07) is 0.132. The maximum atomic E-state index is 12.9. The molecule has 5 heteroatoms. The van der Waals surface area contributed by atoms with Crippen molar-refractivity contribution in [2.45, 2.75) is 38.1 Å².